The lowest BCUT2D eigenvalue weighted by Crippen LogP contribution is -2.22. The van der Waals surface area contributed by atoms with E-state index in [4.69, 9.17) is 9.47 Å². The fourth-order valence-corrected chi connectivity index (χ4v) is 2.38. The average Bonchev–Trinajstić information content (AvgIpc) is 2.64. The minimum atomic E-state index is -0.430. The quantitative estimate of drug-likeness (QED) is 0.671. The van der Waals surface area contributed by atoms with Crippen molar-refractivity contribution in [3.8, 4) is 5.75 Å². The van der Waals surface area contributed by atoms with Crippen molar-refractivity contribution in [2.75, 3.05) is 20.3 Å². The van der Waals surface area contributed by atoms with Gasteiger partial charge in [0.1, 0.15) is 0 Å². The summed E-state index contributed by atoms with van der Waals surface area (Å²) in [6.07, 6.45) is 1.93. The zero-order chi connectivity index (χ0) is 17.9. The molecule has 0 saturated heterocycles. The Morgan fingerprint density at radius 3 is 2.60 bits per heavy atom. The van der Waals surface area contributed by atoms with Crippen LogP contribution in [-0.4, -0.2) is 26.2 Å². The van der Waals surface area contributed by atoms with Crippen LogP contribution in [0.1, 0.15) is 24.0 Å². The van der Waals surface area contributed by atoms with Crippen LogP contribution in [0.3, 0.4) is 0 Å². The lowest BCUT2D eigenvalue weighted by atomic mass is 10.2. The highest BCUT2D eigenvalue weighted by Crippen LogP contribution is 2.17. The Labute approximate surface area is 148 Å². The summed E-state index contributed by atoms with van der Waals surface area (Å²) in [6, 6.07) is 14.8. The van der Waals surface area contributed by atoms with Crippen molar-refractivity contribution >= 4 is 5.91 Å². The van der Waals surface area contributed by atoms with E-state index >= 15 is 0 Å². The zero-order valence-electron chi connectivity index (χ0n) is 14.5. The van der Waals surface area contributed by atoms with Gasteiger partial charge in [-0.05, 0) is 36.1 Å². The molecule has 0 aliphatic heterocycles. The third kappa shape index (κ3) is 6.93. The molecule has 0 aliphatic carbocycles. The molecule has 25 heavy (non-hydrogen) atoms. The van der Waals surface area contributed by atoms with Crippen LogP contribution >= 0.6 is 0 Å². The number of hydrogen-bond acceptors (Lipinski definition) is 3. The third-order valence-corrected chi connectivity index (χ3v) is 3.78. The van der Waals surface area contributed by atoms with E-state index in [1.54, 1.807) is 12.1 Å². The molecule has 0 aliphatic rings. The maximum absolute atomic E-state index is 13.6. The Balaban J connectivity index is 1.56. The highest BCUT2D eigenvalue weighted by molar-refractivity contribution is 5.75. The summed E-state index contributed by atoms with van der Waals surface area (Å²) in [6.45, 7) is 1.50. The predicted molar refractivity (Wildman–Crippen MR) is 95.0 cm³/mol. The van der Waals surface area contributed by atoms with Gasteiger partial charge in [-0.15, -0.1) is 0 Å². The van der Waals surface area contributed by atoms with Gasteiger partial charge in [-0.2, -0.15) is 0 Å². The first-order valence-electron chi connectivity index (χ1n) is 8.40. The van der Waals surface area contributed by atoms with Gasteiger partial charge in [0.2, 0.25) is 5.91 Å². The van der Waals surface area contributed by atoms with Gasteiger partial charge in [-0.3, -0.25) is 4.79 Å². The van der Waals surface area contributed by atoms with Gasteiger partial charge in [-0.1, -0.05) is 36.4 Å². The molecule has 1 amide bonds. The maximum atomic E-state index is 13.6. The fourth-order valence-electron chi connectivity index (χ4n) is 2.38. The van der Waals surface area contributed by atoms with Crippen molar-refractivity contribution in [1.82, 2.24) is 5.32 Å². The molecule has 0 fully saturated rings. The lowest BCUT2D eigenvalue weighted by Gasteiger charge is -2.08. The van der Waals surface area contributed by atoms with E-state index in [9.17, 15) is 9.18 Å². The van der Waals surface area contributed by atoms with Crippen molar-refractivity contribution in [3.05, 3.63) is 65.5 Å². The highest BCUT2D eigenvalue weighted by atomic mass is 19.1. The molecule has 0 bridgehead atoms. The SMILES string of the molecule is COc1ccc(CNC(=O)CCCOCCc2ccccc2)cc1F. The molecule has 5 heteroatoms. The molecule has 2 aromatic carbocycles. The van der Waals surface area contributed by atoms with Crippen LogP contribution in [0.25, 0.3) is 0 Å². The molecule has 2 aromatic rings. The molecule has 0 heterocycles. The molecule has 4 nitrogen and oxygen atoms in total. The fraction of sp³-hybridized carbons (Fsp3) is 0.350. The Hall–Kier alpha value is -2.40. The van der Waals surface area contributed by atoms with E-state index < -0.39 is 5.82 Å². The molecular weight excluding hydrogens is 321 g/mol. The predicted octanol–water partition coefficient (Wildman–Crippen LogP) is 3.49. The molecular formula is C20H24FNO3. The number of carbonyl (C=O) groups excluding carboxylic acids is 1. The van der Waals surface area contributed by atoms with Gasteiger partial charge >= 0.3 is 0 Å². The summed E-state index contributed by atoms with van der Waals surface area (Å²) in [5, 5.41) is 2.78. The normalized spacial score (nSPS) is 10.5. The second-order valence-corrected chi connectivity index (χ2v) is 5.70. The zero-order valence-corrected chi connectivity index (χ0v) is 14.5. The number of benzene rings is 2. The minimum absolute atomic E-state index is 0.0668. The highest BCUT2D eigenvalue weighted by Gasteiger charge is 2.05. The van der Waals surface area contributed by atoms with Crippen LogP contribution in [0.5, 0.6) is 5.75 Å². The van der Waals surface area contributed by atoms with Crippen molar-refractivity contribution in [3.63, 3.8) is 0 Å². The van der Waals surface area contributed by atoms with Gasteiger partial charge in [0.15, 0.2) is 11.6 Å². The summed E-state index contributed by atoms with van der Waals surface area (Å²) < 4.78 is 24.0. The summed E-state index contributed by atoms with van der Waals surface area (Å²) >= 11 is 0. The van der Waals surface area contributed by atoms with Gasteiger partial charge in [0.25, 0.3) is 0 Å². The Kier molecular flexibility index (Phi) is 7.92. The number of amides is 1. The number of rotatable bonds is 10. The number of ether oxygens (including phenoxy) is 2. The first kappa shape index (κ1) is 18.9. The first-order chi connectivity index (χ1) is 12.2. The van der Waals surface area contributed by atoms with E-state index in [-0.39, 0.29) is 11.7 Å². The molecule has 0 saturated carbocycles. The second kappa shape index (κ2) is 10.5. The van der Waals surface area contributed by atoms with E-state index in [2.05, 4.69) is 17.4 Å². The molecule has 0 atom stereocenters. The van der Waals surface area contributed by atoms with Crippen molar-refractivity contribution in [1.29, 1.82) is 0 Å². The van der Waals surface area contributed by atoms with Crippen LogP contribution in [-0.2, 0) is 22.5 Å². The Morgan fingerprint density at radius 2 is 1.88 bits per heavy atom. The van der Waals surface area contributed by atoms with Crippen molar-refractivity contribution in [2.24, 2.45) is 0 Å². The van der Waals surface area contributed by atoms with Crippen LogP contribution in [0.4, 0.5) is 4.39 Å². The molecule has 0 unspecified atom stereocenters. The van der Waals surface area contributed by atoms with Gasteiger partial charge in [0, 0.05) is 19.6 Å². The molecule has 134 valence electrons. The number of carbonyl (C=O) groups is 1. The van der Waals surface area contributed by atoms with E-state index in [0.717, 1.165) is 6.42 Å². The van der Waals surface area contributed by atoms with Crippen molar-refractivity contribution < 1.29 is 18.7 Å². The number of methoxy groups -OCH3 is 1. The van der Waals surface area contributed by atoms with Crippen LogP contribution in [0.15, 0.2) is 48.5 Å². The third-order valence-electron chi connectivity index (χ3n) is 3.78. The van der Waals surface area contributed by atoms with Crippen LogP contribution in [0.2, 0.25) is 0 Å². The second-order valence-electron chi connectivity index (χ2n) is 5.70. The van der Waals surface area contributed by atoms with Gasteiger partial charge in [0.05, 0.1) is 13.7 Å². The average molecular weight is 345 g/mol. The first-order valence-corrected chi connectivity index (χ1v) is 8.40. The number of nitrogens with one attached hydrogen (secondary N) is 1. The van der Waals surface area contributed by atoms with Gasteiger partial charge in [-0.25, -0.2) is 4.39 Å². The molecule has 2 rings (SSSR count). The van der Waals surface area contributed by atoms with Crippen molar-refractivity contribution in [2.45, 2.75) is 25.8 Å². The Morgan fingerprint density at radius 1 is 1.08 bits per heavy atom. The van der Waals surface area contributed by atoms with E-state index in [1.807, 2.05) is 18.2 Å². The van der Waals surface area contributed by atoms with Gasteiger partial charge < -0.3 is 14.8 Å². The monoisotopic (exact) mass is 345 g/mol. The largest absolute Gasteiger partial charge is 0.494 e. The standard InChI is InChI=1S/C20H24FNO3/c1-24-19-10-9-17(14-18(19)21)15-22-20(23)8-5-12-25-13-11-16-6-3-2-4-7-16/h2-4,6-7,9-10,14H,5,8,11-13,15H2,1H3,(H,22,23). The number of hydrogen-bond donors (Lipinski definition) is 1. The molecule has 1 N–H and O–H groups in total. The maximum Gasteiger partial charge on any atom is 0.220 e. The summed E-state index contributed by atoms with van der Waals surface area (Å²) in [4.78, 5) is 11.8. The molecule has 0 spiro atoms. The van der Waals surface area contributed by atoms with E-state index in [0.29, 0.717) is 38.2 Å². The lowest BCUT2D eigenvalue weighted by molar-refractivity contribution is -0.121. The van der Waals surface area contributed by atoms with Crippen LogP contribution < -0.4 is 10.1 Å². The minimum Gasteiger partial charge on any atom is -0.494 e. The summed E-state index contributed by atoms with van der Waals surface area (Å²) in [5.74, 6) is -0.299. The molecule has 0 aromatic heterocycles. The Bertz CT molecular complexity index is 661. The number of halogens is 1. The van der Waals surface area contributed by atoms with Crippen LogP contribution in [0, 0.1) is 5.82 Å². The smallest absolute Gasteiger partial charge is 0.220 e. The molecule has 0 radical (unpaired) electrons. The summed E-state index contributed by atoms with van der Waals surface area (Å²) in [5.41, 5.74) is 1.94. The topological polar surface area (TPSA) is 47.6 Å². The van der Waals surface area contributed by atoms with E-state index in [1.165, 1.54) is 18.7 Å². The summed E-state index contributed by atoms with van der Waals surface area (Å²) in [7, 11) is 1.42.